The number of likely N-dealkylation sites (tertiary alicyclic amines) is 1. The molecule has 12 heteroatoms. The monoisotopic (exact) mass is 728 g/mol. The average molecular weight is 729 g/mol. The van der Waals surface area contributed by atoms with Gasteiger partial charge in [-0.3, -0.25) is 24.1 Å². The Morgan fingerprint density at radius 1 is 1.10 bits per heavy atom. The summed E-state index contributed by atoms with van der Waals surface area (Å²) < 4.78 is 5.79. The number of rotatable bonds is 19. The van der Waals surface area contributed by atoms with Crippen molar-refractivity contribution in [3.8, 4) is 0 Å². The highest BCUT2D eigenvalue weighted by molar-refractivity contribution is 7.09. The Labute approximate surface area is 308 Å². The minimum absolute atomic E-state index is 0. The quantitative estimate of drug-likeness (QED) is 0.153. The summed E-state index contributed by atoms with van der Waals surface area (Å²) in [6, 6.07) is 7.34. The number of carbonyl (C=O) groups is 5. The molecule has 1 saturated heterocycles. The first-order valence-corrected chi connectivity index (χ1v) is 18.9. The van der Waals surface area contributed by atoms with Crippen LogP contribution in [0.25, 0.3) is 0 Å². The summed E-state index contributed by atoms with van der Waals surface area (Å²) in [5, 5.41) is 14.3. The lowest BCUT2D eigenvalue weighted by atomic mass is 9.82. The SMILES string of the molecule is C.CCCN(C(=O)C(CC(=O)C1CCCCN1C)[C@@H](C)CC)[C@H](C[C@@H](OC(C)=O)c1nc(C(=O)N[C@@H](Cc2ccccc2)C(=O)O)cs1)C(C)C. The van der Waals surface area contributed by atoms with Gasteiger partial charge in [0, 0.05) is 50.1 Å². The number of Topliss-reactive ketones (excluding diaryl/α,β-unsaturated/α-hetero) is 1. The van der Waals surface area contributed by atoms with Gasteiger partial charge < -0.3 is 20.1 Å². The third-order valence-electron chi connectivity index (χ3n) is 9.81. The first kappa shape index (κ1) is 43.5. The average Bonchev–Trinajstić information content (AvgIpc) is 3.58. The number of thiazole rings is 1. The van der Waals surface area contributed by atoms with Crippen LogP contribution in [-0.4, -0.2) is 87.7 Å². The molecule has 0 saturated carbocycles. The van der Waals surface area contributed by atoms with Crippen LogP contribution in [0.15, 0.2) is 35.7 Å². The molecule has 2 amide bonds. The van der Waals surface area contributed by atoms with Gasteiger partial charge in [-0.15, -0.1) is 11.3 Å². The van der Waals surface area contributed by atoms with Crippen molar-refractivity contribution in [2.75, 3.05) is 20.1 Å². The fourth-order valence-corrected chi connectivity index (χ4v) is 7.58. The summed E-state index contributed by atoms with van der Waals surface area (Å²) in [6.45, 7) is 12.8. The Morgan fingerprint density at radius 2 is 1.78 bits per heavy atom. The summed E-state index contributed by atoms with van der Waals surface area (Å²) in [4.78, 5) is 74.2. The van der Waals surface area contributed by atoms with Crippen molar-refractivity contribution in [3.05, 3.63) is 52.0 Å². The molecule has 6 atom stereocenters. The Hall–Kier alpha value is -3.64. The predicted molar refractivity (Wildman–Crippen MR) is 200 cm³/mol. The highest BCUT2D eigenvalue weighted by atomic mass is 32.1. The number of carbonyl (C=O) groups excluding carboxylic acids is 4. The number of ketones is 1. The van der Waals surface area contributed by atoms with Crippen LogP contribution in [0, 0.1) is 17.8 Å². The molecule has 1 aromatic heterocycles. The molecule has 0 radical (unpaired) electrons. The number of nitrogens with zero attached hydrogens (tertiary/aromatic N) is 3. The molecular weight excluding hydrogens is 669 g/mol. The van der Waals surface area contributed by atoms with Crippen LogP contribution in [0.2, 0.25) is 0 Å². The van der Waals surface area contributed by atoms with Gasteiger partial charge in [0.25, 0.3) is 5.91 Å². The number of carboxylic acids is 1. The van der Waals surface area contributed by atoms with E-state index >= 15 is 0 Å². The molecule has 0 spiro atoms. The topological polar surface area (TPSA) is 146 Å². The molecule has 2 aromatic rings. The maximum atomic E-state index is 14.5. The van der Waals surface area contributed by atoms with Crippen molar-refractivity contribution in [2.45, 2.75) is 125 Å². The van der Waals surface area contributed by atoms with E-state index in [1.54, 1.807) is 24.3 Å². The van der Waals surface area contributed by atoms with E-state index in [-0.39, 0.29) is 68.0 Å². The first-order valence-electron chi connectivity index (χ1n) is 18.0. The van der Waals surface area contributed by atoms with E-state index in [4.69, 9.17) is 4.74 Å². The molecule has 1 aliphatic heterocycles. The van der Waals surface area contributed by atoms with E-state index in [9.17, 15) is 29.1 Å². The molecular formula is C39H60N4O7S. The Kier molecular flexibility index (Phi) is 17.9. The van der Waals surface area contributed by atoms with Crippen molar-refractivity contribution in [2.24, 2.45) is 17.8 Å². The maximum absolute atomic E-state index is 14.5. The fraction of sp³-hybridized carbons (Fsp3) is 0.641. The maximum Gasteiger partial charge on any atom is 0.326 e. The number of carboxylic acid groups (broad SMARTS) is 1. The zero-order chi connectivity index (χ0) is 37.0. The van der Waals surface area contributed by atoms with E-state index in [0.717, 1.165) is 49.1 Å². The Balaban J connectivity index is 0.00000901. The summed E-state index contributed by atoms with van der Waals surface area (Å²) in [7, 11) is 1.98. The van der Waals surface area contributed by atoms with Crippen molar-refractivity contribution in [3.63, 3.8) is 0 Å². The fourth-order valence-electron chi connectivity index (χ4n) is 6.74. The van der Waals surface area contributed by atoms with Gasteiger partial charge in [-0.25, -0.2) is 9.78 Å². The minimum atomic E-state index is -1.17. The van der Waals surface area contributed by atoms with Gasteiger partial charge in [-0.05, 0) is 50.3 Å². The van der Waals surface area contributed by atoms with Crippen molar-refractivity contribution >= 4 is 40.9 Å². The number of ether oxygens (including phenoxy) is 1. The van der Waals surface area contributed by atoms with E-state index in [1.165, 1.54) is 12.3 Å². The number of aliphatic carboxylic acids is 1. The third-order valence-corrected chi connectivity index (χ3v) is 10.7. The summed E-state index contributed by atoms with van der Waals surface area (Å²) in [5.41, 5.74) is 0.785. The Bertz CT molecular complexity index is 1430. The van der Waals surface area contributed by atoms with Crippen LogP contribution < -0.4 is 5.32 Å². The highest BCUT2D eigenvalue weighted by Crippen LogP contribution is 2.33. The third kappa shape index (κ3) is 12.5. The summed E-state index contributed by atoms with van der Waals surface area (Å²) >= 11 is 1.14. The number of likely N-dealkylation sites (N-methyl/N-ethyl adjacent to an activating group) is 1. The van der Waals surface area contributed by atoms with Gasteiger partial charge in [0.15, 0.2) is 11.9 Å². The van der Waals surface area contributed by atoms with Crippen molar-refractivity contribution in [1.29, 1.82) is 0 Å². The smallest absolute Gasteiger partial charge is 0.326 e. The second-order valence-electron chi connectivity index (χ2n) is 14.0. The lowest BCUT2D eigenvalue weighted by Crippen LogP contribution is -2.50. The molecule has 2 unspecified atom stereocenters. The van der Waals surface area contributed by atoms with E-state index in [1.807, 2.05) is 52.6 Å². The second-order valence-corrected chi connectivity index (χ2v) is 14.8. The molecule has 51 heavy (non-hydrogen) atoms. The van der Waals surface area contributed by atoms with Gasteiger partial charge in [0.2, 0.25) is 5.91 Å². The molecule has 1 aliphatic rings. The number of nitrogens with one attached hydrogen (secondary N) is 1. The van der Waals surface area contributed by atoms with Gasteiger partial charge in [0.1, 0.15) is 16.7 Å². The molecule has 284 valence electrons. The number of benzene rings is 1. The summed E-state index contributed by atoms with van der Waals surface area (Å²) in [5.74, 6) is -2.80. The van der Waals surface area contributed by atoms with Gasteiger partial charge in [-0.1, -0.05) is 85.2 Å². The molecule has 0 aliphatic carbocycles. The molecule has 2 N–H and O–H groups in total. The second kappa shape index (κ2) is 21.0. The van der Waals surface area contributed by atoms with Crippen LogP contribution in [0.5, 0.6) is 0 Å². The largest absolute Gasteiger partial charge is 0.480 e. The number of aromatic nitrogens is 1. The first-order chi connectivity index (χ1) is 23.8. The lowest BCUT2D eigenvalue weighted by molar-refractivity contribution is -0.150. The highest BCUT2D eigenvalue weighted by Gasteiger charge is 2.38. The van der Waals surface area contributed by atoms with Gasteiger partial charge in [-0.2, -0.15) is 0 Å². The Morgan fingerprint density at radius 3 is 2.35 bits per heavy atom. The van der Waals surface area contributed by atoms with E-state index < -0.39 is 35.9 Å². The number of hydrogen-bond donors (Lipinski definition) is 2. The molecule has 0 bridgehead atoms. The van der Waals surface area contributed by atoms with Crippen LogP contribution in [0.1, 0.15) is 121 Å². The number of amides is 2. The standard InChI is InChI=1S/C38H56N4O7S.CH4/c1-8-18-42(37(46)28(25(5)9-2)21-33(44)31-17-13-14-19-41(31)7)32(24(3)4)22-34(49-26(6)43)36-40-30(23-50-36)35(45)39-29(38(47)48)20-27-15-11-10-12-16-27;/h10-12,15-16,23-25,28-29,31-32,34H,8-9,13-14,17-22H2,1-7H3,(H,39,45)(H,47,48);1H4/t25-,28?,29-,31?,32+,34+;/m0./s1. The van der Waals surface area contributed by atoms with E-state index in [0.29, 0.717) is 18.0 Å². The molecule has 1 aromatic carbocycles. The van der Waals surface area contributed by atoms with Crippen LogP contribution in [-0.2, 0) is 30.3 Å². The molecule has 1 fully saturated rings. The molecule has 11 nitrogen and oxygen atoms in total. The van der Waals surface area contributed by atoms with Crippen molar-refractivity contribution < 1.29 is 33.8 Å². The zero-order valence-electron chi connectivity index (χ0n) is 30.7. The molecule has 3 rings (SSSR count). The van der Waals surface area contributed by atoms with Gasteiger partial charge >= 0.3 is 11.9 Å². The van der Waals surface area contributed by atoms with E-state index in [2.05, 4.69) is 15.2 Å². The normalized spacial score (nSPS) is 17.7. The van der Waals surface area contributed by atoms with Crippen LogP contribution in [0.4, 0.5) is 0 Å². The number of hydrogen-bond acceptors (Lipinski definition) is 9. The summed E-state index contributed by atoms with van der Waals surface area (Å²) in [6.07, 6.45) is 4.03. The number of piperidine rings is 1. The number of esters is 1. The van der Waals surface area contributed by atoms with Gasteiger partial charge in [0.05, 0.1) is 6.04 Å². The minimum Gasteiger partial charge on any atom is -0.480 e. The van der Waals surface area contributed by atoms with Crippen LogP contribution in [0.3, 0.4) is 0 Å². The predicted octanol–water partition coefficient (Wildman–Crippen LogP) is 6.57. The molecule has 2 heterocycles. The zero-order valence-corrected chi connectivity index (χ0v) is 31.5. The van der Waals surface area contributed by atoms with Crippen LogP contribution >= 0.6 is 11.3 Å². The van der Waals surface area contributed by atoms with Crippen molar-refractivity contribution in [1.82, 2.24) is 20.1 Å². The lowest BCUT2D eigenvalue weighted by Gasteiger charge is -2.39.